The van der Waals surface area contributed by atoms with Gasteiger partial charge in [0.2, 0.25) is 5.60 Å². The first-order valence-corrected chi connectivity index (χ1v) is 8.88. The number of rotatable bonds is 6. The molecule has 0 aromatic heterocycles. The number of aliphatic hydroxyl groups excluding tert-OH is 2. The summed E-state index contributed by atoms with van der Waals surface area (Å²) in [4.78, 5) is 10.6. The van der Waals surface area contributed by atoms with Crippen molar-refractivity contribution >= 4 is 6.29 Å². The van der Waals surface area contributed by atoms with Crippen molar-refractivity contribution in [3.8, 4) is 0 Å². The predicted molar refractivity (Wildman–Crippen MR) is 99.9 cm³/mol. The van der Waals surface area contributed by atoms with Crippen molar-refractivity contribution in [1.82, 2.24) is 0 Å². The average molecular weight is 402 g/mol. The monoisotopic (exact) mass is 402 g/mol. The summed E-state index contributed by atoms with van der Waals surface area (Å²) in [7, 11) is 0. The van der Waals surface area contributed by atoms with Crippen molar-refractivity contribution in [2.75, 3.05) is 6.61 Å². The fourth-order valence-corrected chi connectivity index (χ4v) is 3.65. The minimum atomic E-state index is -2.98. The molecular formula is C21H22O8. The first kappa shape index (κ1) is 21.1. The Bertz CT molecular complexity index is 857. The first-order valence-electron chi connectivity index (χ1n) is 8.88. The molecule has 0 spiro atoms. The highest BCUT2D eigenvalue weighted by Gasteiger charge is 2.74. The van der Waals surface area contributed by atoms with Gasteiger partial charge in [0.1, 0.15) is 18.5 Å². The minimum absolute atomic E-state index is 0.0382. The summed E-state index contributed by atoms with van der Waals surface area (Å²) < 4.78 is 10.5. The van der Waals surface area contributed by atoms with Gasteiger partial charge in [-0.15, -0.1) is 0 Å². The second kappa shape index (κ2) is 8.03. The Morgan fingerprint density at radius 2 is 1.52 bits per heavy atom. The van der Waals surface area contributed by atoms with E-state index in [-0.39, 0.29) is 11.1 Å². The van der Waals surface area contributed by atoms with Crippen LogP contribution in [0.2, 0.25) is 0 Å². The van der Waals surface area contributed by atoms with Gasteiger partial charge in [0.15, 0.2) is 5.60 Å². The molecule has 0 amide bonds. The lowest BCUT2D eigenvalue weighted by Gasteiger charge is -2.57. The van der Waals surface area contributed by atoms with Crippen LogP contribution in [-0.2, 0) is 25.5 Å². The summed E-state index contributed by atoms with van der Waals surface area (Å²) in [5.74, 6) is -2.98. The van der Waals surface area contributed by atoms with Gasteiger partial charge in [-0.1, -0.05) is 60.7 Å². The van der Waals surface area contributed by atoms with Crippen LogP contribution >= 0.6 is 0 Å². The van der Waals surface area contributed by atoms with Crippen molar-refractivity contribution in [3.63, 3.8) is 0 Å². The summed E-state index contributed by atoms with van der Waals surface area (Å²) in [5, 5.41) is 55.4. The van der Waals surface area contributed by atoms with Gasteiger partial charge in [0.05, 0.1) is 12.9 Å². The van der Waals surface area contributed by atoms with Gasteiger partial charge in [-0.05, 0) is 11.1 Å². The molecule has 154 valence electrons. The zero-order valence-electron chi connectivity index (χ0n) is 15.3. The van der Waals surface area contributed by atoms with Crippen molar-refractivity contribution in [2.45, 2.75) is 29.4 Å². The number of carbonyl (C=O) groups excluding carboxylic acids is 1. The lowest BCUT2D eigenvalue weighted by atomic mass is 9.65. The van der Waals surface area contributed by atoms with Crippen LogP contribution in [0.25, 0.3) is 0 Å². The lowest BCUT2D eigenvalue weighted by molar-refractivity contribution is -0.497. The van der Waals surface area contributed by atoms with Crippen LogP contribution in [0.3, 0.4) is 0 Å². The Labute approximate surface area is 166 Å². The first-order chi connectivity index (χ1) is 13.8. The average Bonchev–Trinajstić information content (AvgIpc) is 2.76. The van der Waals surface area contributed by atoms with Crippen molar-refractivity contribution in [3.05, 3.63) is 84.1 Å². The van der Waals surface area contributed by atoms with Gasteiger partial charge in [-0.25, -0.2) is 0 Å². The second-order valence-electron chi connectivity index (χ2n) is 6.66. The zero-order chi connectivity index (χ0) is 21.1. The summed E-state index contributed by atoms with van der Waals surface area (Å²) in [6.07, 6.45) is -1.35. The van der Waals surface area contributed by atoms with Crippen LogP contribution < -0.4 is 0 Å². The highest BCUT2D eigenvalue weighted by molar-refractivity contribution is 5.64. The molecule has 3 rings (SSSR count). The highest BCUT2D eigenvalue weighted by atomic mass is 16.8. The molecule has 2 aromatic carbocycles. The van der Waals surface area contributed by atoms with E-state index in [4.69, 9.17) is 9.47 Å². The maximum atomic E-state index is 11.8. The molecule has 1 aliphatic heterocycles. The largest absolute Gasteiger partial charge is 0.444 e. The summed E-state index contributed by atoms with van der Waals surface area (Å²) in [5.41, 5.74) is -5.35. The molecule has 5 atom stereocenters. The number of aldehydes is 1. The molecule has 2 aromatic rings. The molecule has 1 aliphatic rings. The highest BCUT2D eigenvalue weighted by Crippen LogP contribution is 2.55. The summed E-state index contributed by atoms with van der Waals surface area (Å²) in [6.45, 7) is -0.801. The van der Waals surface area contributed by atoms with Crippen LogP contribution in [0.15, 0.2) is 73.0 Å². The van der Waals surface area contributed by atoms with Crippen LogP contribution in [0, 0.1) is 0 Å². The molecule has 0 bridgehead atoms. The molecule has 1 unspecified atom stereocenters. The Morgan fingerprint density at radius 3 is 2.03 bits per heavy atom. The SMILES string of the molecule is O=C/C=C/OC1(O)O[C@H](CO)[C@@H](O)[C@@](O)(c2ccccc2)[C@]1(O)c1ccccc1. The fraction of sp³-hybridized carbons (Fsp3) is 0.286. The standard InChI is InChI=1S/C21H22O8/c22-12-7-13-28-21(27)20(26,16-10-5-2-6-11-16)19(25,15-8-3-1-4-9-15)18(24)17(14-23)29-21/h1-13,17-18,23-27H,14H2/b13-7+/t17-,18-,19+,20-,21?/m1/s1. The van der Waals surface area contributed by atoms with Crippen LogP contribution in [0.4, 0.5) is 0 Å². The van der Waals surface area contributed by atoms with Gasteiger partial charge < -0.3 is 35.0 Å². The third-order valence-corrected chi connectivity index (χ3v) is 5.07. The van der Waals surface area contributed by atoms with E-state index in [0.29, 0.717) is 6.29 Å². The zero-order valence-corrected chi connectivity index (χ0v) is 15.3. The summed E-state index contributed by atoms with van der Waals surface area (Å²) in [6, 6.07) is 15.2. The maximum absolute atomic E-state index is 11.8. The Hall–Kier alpha value is -2.59. The third kappa shape index (κ3) is 3.16. The Morgan fingerprint density at radius 1 is 0.966 bits per heavy atom. The van der Waals surface area contributed by atoms with E-state index in [0.717, 1.165) is 12.3 Å². The van der Waals surface area contributed by atoms with E-state index in [1.54, 1.807) is 36.4 Å². The molecule has 1 heterocycles. The number of allylic oxidation sites excluding steroid dienone is 1. The maximum Gasteiger partial charge on any atom is 0.363 e. The van der Waals surface area contributed by atoms with Crippen molar-refractivity contribution < 1.29 is 39.8 Å². The quantitative estimate of drug-likeness (QED) is 0.195. The molecule has 0 saturated carbocycles. The fourth-order valence-electron chi connectivity index (χ4n) is 3.65. The van der Waals surface area contributed by atoms with Crippen molar-refractivity contribution in [1.29, 1.82) is 0 Å². The van der Waals surface area contributed by atoms with E-state index < -0.39 is 36.0 Å². The molecular weight excluding hydrogens is 380 g/mol. The Kier molecular flexibility index (Phi) is 5.85. The molecule has 0 aliphatic carbocycles. The van der Waals surface area contributed by atoms with Gasteiger partial charge in [0, 0.05) is 6.08 Å². The topological polar surface area (TPSA) is 137 Å². The van der Waals surface area contributed by atoms with E-state index >= 15 is 0 Å². The van der Waals surface area contributed by atoms with Gasteiger partial charge in [-0.3, -0.25) is 4.79 Å². The minimum Gasteiger partial charge on any atom is -0.444 e. The van der Waals surface area contributed by atoms with Crippen LogP contribution in [-0.4, -0.2) is 56.6 Å². The van der Waals surface area contributed by atoms with E-state index in [2.05, 4.69) is 0 Å². The molecule has 8 nitrogen and oxygen atoms in total. The normalized spacial score (nSPS) is 34.8. The van der Waals surface area contributed by atoms with Crippen LogP contribution in [0.5, 0.6) is 0 Å². The van der Waals surface area contributed by atoms with E-state index in [1.165, 1.54) is 24.3 Å². The Balaban J connectivity index is 2.32. The van der Waals surface area contributed by atoms with E-state index in [1.807, 2.05) is 0 Å². The second-order valence-corrected chi connectivity index (χ2v) is 6.66. The number of ether oxygens (including phenoxy) is 2. The van der Waals surface area contributed by atoms with Gasteiger partial charge in [-0.2, -0.15) is 0 Å². The van der Waals surface area contributed by atoms with Crippen LogP contribution in [0.1, 0.15) is 11.1 Å². The number of benzene rings is 2. The summed E-state index contributed by atoms with van der Waals surface area (Å²) >= 11 is 0. The molecule has 5 N–H and O–H groups in total. The molecule has 29 heavy (non-hydrogen) atoms. The predicted octanol–water partition coefficient (Wildman–Crippen LogP) is -0.111. The molecule has 1 fully saturated rings. The smallest absolute Gasteiger partial charge is 0.363 e. The van der Waals surface area contributed by atoms with Gasteiger partial charge >= 0.3 is 5.97 Å². The molecule has 0 radical (unpaired) electrons. The van der Waals surface area contributed by atoms with Gasteiger partial charge in [0.25, 0.3) is 0 Å². The number of hydrogen-bond donors (Lipinski definition) is 5. The lowest BCUT2D eigenvalue weighted by Crippen LogP contribution is -2.76. The molecule has 8 heteroatoms. The number of carbonyl (C=O) groups is 1. The molecule has 1 saturated heterocycles. The van der Waals surface area contributed by atoms with Crippen molar-refractivity contribution in [2.24, 2.45) is 0 Å². The third-order valence-electron chi connectivity index (χ3n) is 5.07. The van der Waals surface area contributed by atoms with E-state index in [9.17, 15) is 30.3 Å². The number of hydrogen-bond acceptors (Lipinski definition) is 8. The number of aliphatic hydroxyl groups is 5.